The summed E-state index contributed by atoms with van der Waals surface area (Å²) in [5.74, 6) is -0.460. The number of benzene rings is 2. The lowest BCUT2D eigenvalue weighted by molar-refractivity contribution is -0.122. The van der Waals surface area contributed by atoms with Gasteiger partial charge in [-0.2, -0.15) is 5.10 Å². The van der Waals surface area contributed by atoms with Crippen LogP contribution in [-0.4, -0.2) is 54.6 Å². The maximum absolute atomic E-state index is 12.8. The fourth-order valence-electron chi connectivity index (χ4n) is 2.94. The lowest BCUT2D eigenvalue weighted by Gasteiger charge is -2.34. The fourth-order valence-corrected chi connectivity index (χ4v) is 3.13. The smallest absolute Gasteiger partial charge is 0.254 e. The van der Waals surface area contributed by atoms with E-state index in [4.69, 9.17) is 11.6 Å². The summed E-state index contributed by atoms with van der Waals surface area (Å²) in [7, 11) is 0. The third kappa shape index (κ3) is 6.13. The molecule has 1 amide bonds. The second-order valence-corrected chi connectivity index (χ2v) is 6.90. The van der Waals surface area contributed by atoms with Crippen LogP contribution in [-0.2, 0) is 11.3 Å². The first-order valence-electron chi connectivity index (χ1n) is 8.86. The van der Waals surface area contributed by atoms with Gasteiger partial charge in [0.1, 0.15) is 5.82 Å². The minimum Gasteiger partial charge on any atom is -0.296 e. The third-order valence-electron chi connectivity index (χ3n) is 4.46. The van der Waals surface area contributed by atoms with Crippen molar-refractivity contribution in [3.05, 3.63) is 70.5 Å². The summed E-state index contributed by atoms with van der Waals surface area (Å²) in [4.78, 5) is 16.5. The van der Waals surface area contributed by atoms with Crippen molar-refractivity contribution in [3.8, 4) is 0 Å². The lowest BCUT2D eigenvalue weighted by Crippen LogP contribution is -2.48. The molecule has 0 spiro atoms. The molecule has 2 aromatic carbocycles. The van der Waals surface area contributed by atoms with E-state index in [-0.39, 0.29) is 11.7 Å². The molecule has 5 nitrogen and oxygen atoms in total. The quantitative estimate of drug-likeness (QED) is 0.611. The zero-order valence-corrected chi connectivity index (χ0v) is 15.7. The SMILES string of the molecule is O=C(CN1CCN(Cc2ccccc2Cl)CC1)N/N=C\c1ccc(F)cc1. The number of carbonyl (C=O) groups excluding carboxylic acids is 1. The molecule has 1 N–H and O–H groups in total. The minimum absolute atomic E-state index is 0.159. The van der Waals surface area contributed by atoms with Gasteiger partial charge in [0, 0.05) is 37.7 Å². The van der Waals surface area contributed by atoms with Gasteiger partial charge in [-0.1, -0.05) is 41.9 Å². The number of hydrazone groups is 1. The van der Waals surface area contributed by atoms with E-state index in [2.05, 4.69) is 20.3 Å². The number of rotatable bonds is 6. The van der Waals surface area contributed by atoms with E-state index in [1.165, 1.54) is 18.3 Å². The van der Waals surface area contributed by atoms with Gasteiger partial charge in [0.2, 0.25) is 0 Å². The van der Waals surface area contributed by atoms with E-state index < -0.39 is 0 Å². The normalized spacial score (nSPS) is 15.9. The highest BCUT2D eigenvalue weighted by Crippen LogP contribution is 2.17. The van der Waals surface area contributed by atoms with Crippen molar-refractivity contribution >= 4 is 23.7 Å². The van der Waals surface area contributed by atoms with Crippen molar-refractivity contribution in [1.82, 2.24) is 15.2 Å². The molecular weight excluding hydrogens is 367 g/mol. The third-order valence-corrected chi connectivity index (χ3v) is 4.83. The van der Waals surface area contributed by atoms with Gasteiger partial charge in [-0.3, -0.25) is 14.6 Å². The Balaban J connectivity index is 1.39. The summed E-state index contributed by atoms with van der Waals surface area (Å²) >= 11 is 6.22. The second-order valence-electron chi connectivity index (χ2n) is 6.49. The van der Waals surface area contributed by atoms with Crippen LogP contribution in [0, 0.1) is 5.82 Å². The molecule has 3 rings (SSSR count). The highest BCUT2D eigenvalue weighted by Gasteiger charge is 2.19. The van der Waals surface area contributed by atoms with Crippen molar-refractivity contribution in [3.63, 3.8) is 0 Å². The maximum atomic E-state index is 12.8. The highest BCUT2D eigenvalue weighted by atomic mass is 35.5. The van der Waals surface area contributed by atoms with E-state index in [1.54, 1.807) is 12.1 Å². The van der Waals surface area contributed by atoms with Crippen LogP contribution in [0.25, 0.3) is 0 Å². The first-order valence-corrected chi connectivity index (χ1v) is 9.23. The molecular formula is C20H22ClFN4O. The zero-order valence-electron chi connectivity index (χ0n) is 14.9. The molecule has 0 atom stereocenters. The monoisotopic (exact) mass is 388 g/mol. The van der Waals surface area contributed by atoms with Crippen LogP contribution >= 0.6 is 11.6 Å². The molecule has 0 aliphatic carbocycles. The van der Waals surface area contributed by atoms with Crippen LogP contribution in [0.1, 0.15) is 11.1 Å². The van der Waals surface area contributed by atoms with Crippen LogP contribution in [0.3, 0.4) is 0 Å². The van der Waals surface area contributed by atoms with E-state index >= 15 is 0 Å². The Morgan fingerprint density at radius 1 is 1.07 bits per heavy atom. The van der Waals surface area contributed by atoms with Gasteiger partial charge in [0.15, 0.2) is 0 Å². The van der Waals surface area contributed by atoms with E-state index in [0.717, 1.165) is 48.9 Å². The first-order chi connectivity index (χ1) is 13.1. The van der Waals surface area contributed by atoms with Gasteiger partial charge >= 0.3 is 0 Å². The van der Waals surface area contributed by atoms with Crippen molar-refractivity contribution in [2.45, 2.75) is 6.54 Å². The van der Waals surface area contributed by atoms with E-state index in [9.17, 15) is 9.18 Å². The van der Waals surface area contributed by atoms with Crippen LogP contribution in [0.5, 0.6) is 0 Å². The molecule has 0 radical (unpaired) electrons. The number of amides is 1. The Hall–Kier alpha value is -2.28. The number of piperazine rings is 1. The van der Waals surface area contributed by atoms with Gasteiger partial charge in [-0.25, -0.2) is 9.82 Å². The first kappa shape index (κ1) is 19.5. The summed E-state index contributed by atoms with van der Waals surface area (Å²) in [6.07, 6.45) is 1.50. The number of carbonyl (C=O) groups is 1. The molecule has 1 fully saturated rings. The summed E-state index contributed by atoms with van der Waals surface area (Å²) in [6.45, 7) is 4.54. The van der Waals surface area contributed by atoms with Gasteiger partial charge < -0.3 is 0 Å². The van der Waals surface area contributed by atoms with Gasteiger partial charge in [0.05, 0.1) is 12.8 Å². The molecule has 7 heteroatoms. The predicted molar refractivity (Wildman–Crippen MR) is 105 cm³/mol. The fraction of sp³-hybridized carbons (Fsp3) is 0.300. The van der Waals surface area contributed by atoms with Crippen molar-refractivity contribution in [2.75, 3.05) is 32.7 Å². The summed E-state index contributed by atoms with van der Waals surface area (Å²) < 4.78 is 12.8. The molecule has 0 saturated carbocycles. The molecule has 2 aromatic rings. The number of nitrogens with zero attached hydrogens (tertiary/aromatic N) is 3. The largest absolute Gasteiger partial charge is 0.296 e. The van der Waals surface area contributed by atoms with Gasteiger partial charge in [-0.05, 0) is 29.3 Å². The Kier molecular flexibility index (Phi) is 6.92. The Labute approximate surface area is 163 Å². The molecule has 27 heavy (non-hydrogen) atoms. The highest BCUT2D eigenvalue weighted by molar-refractivity contribution is 6.31. The topological polar surface area (TPSA) is 47.9 Å². The van der Waals surface area contributed by atoms with Crippen LogP contribution in [0.15, 0.2) is 53.6 Å². The molecule has 0 aromatic heterocycles. The summed E-state index contributed by atoms with van der Waals surface area (Å²) in [5.41, 5.74) is 4.37. The molecule has 1 aliphatic heterocycles. The summed E-state index contributed by atoms with van der Waals surface area (Å²) in [6, 6.07) is 13.8. The van der Waals surface area contributed by atoms with Crippen molar-refractivity contribution in [1.29, 1.82) is 0 Å². The Morgan fingerprint density at radius 3 is 2.44 bits per heavy atom. The molecule has 0 unspecified atom stereocenters. The van der Waals surface area contributed by atoms with Crippen molar-refractivity contribution < 1.29 is 9.18 Å². The second kappa shape index (κ2) is 9.60. The molecule has 1 saturated heterocycles. The minimum atomic E-state index is -0.301. The van der Waals surface area contributed by atoms with Gasteiger partial charge in [0.25, 0.3) is 5.91 Å². The van der Waals surface area contributed by atoms with Crippen molar-refractivity contribution in [2.24, 2.45) is 5.10 Å². The average molecular weight is 389 g/mol. The van der Waals surface area contributed by atoms with Crippen LogP contribution in [0.4, 0.5) is 4.39 Å². The number of nitrogens with one attached hydrogen (secondary N) is 1. The number of hydrogen-bond donors (Lipinski definition) is 1. The molecule has 1 heterocycles. The van der Waals surface area contributed by atoms with Crippen LogP contribution in [0.2, 0.25) is 5.02 Å². The standard InChI is InChI=1S/C20H22ClFN4O/c21-19-4-2-1-3-17(19)14-25-9-11-26(12-10-25)15-20(27)24-23-13-16-5-7-18(22)8-6-16/h1-8,13H,9-12,14-15H2,(H,24,27)/b23-13-. The van der Waals surface area contributed by atoms with Gasteiger partial charge in [-0.15, -0.1) is 0 Å². The van der Waals surface area contributed by atoms with Crippen LogP contribution < -0.4 is 5.43 Å². The van der Waals surface area contributed by atoms with E-state index in [1.807, 2.05) is 24.3 Å². The number of halogens is 2. The average Bonchev–Trinajstić information content (AvgIpc) is 2.67. The Bertz CT molecular complexity index is 789. The zero-order chi connectivity index (χ0) is 19.1. The molecule has 142 valence electrons. The predicted octanol–water partition coefficient (Wildman–Crippen LogP) is 2.75. The molecule has 1 aliphatic rings. The summed E-state index contributed by atoms with van der Waals surface area (Å²) in [5, 5.41) is 4.71. The Morgan fingerprint density at radius 2 is 1.74 bits per heavy atom. The number of hydrogen-bond acceptors (Lipinski definition) is 4. The maximum Gasteiger partial charge on any atom is 0.254 e. The molecule has 0 bridgehead atoms. The van der Waals surface area contributed by atoms with E-state index in [0.29, 0.717) is 6.54 Å². The lowest BCUT2D eigenvalue weighted by atomic mass is 10.2.